The van der Waals surface area contributed by atoms with E-state index in [4.69, 9.17) is 0 Å². The Labute approximate surface area is 124 Å². The normalized spacial score (nSPS) is 13.9. The molecule has 1 atom stereocenters. The molecule has 124 valence electrons. The molecule has 0 aliphatic carbocycles. The van der Waals surface area contributed by atoms with Crippen molar-refractivity contribution in [2.75, 3.05) is 27.2 Å². The van der Waals surface area contributed by atoms with Crippen molar-refractivity contribution in [3.8, 4) is 0 Å². The van der Waals surface area contributed by atoms with Crippen LogP contribution in [0.4, 0.5) is 13.2 Å². The van der Waals surface area contributed by atoms with Gasteiger partial charge in [0, 0.05) is 13.6 Å². The molecule has 0 aromatic carbocycles. The van der Waals surface area contributed by atoms with E-state index in [2.05, 4.69) is 16.0 Å². The number of halogens is 3. The minimum atomic E-state index is -4.46. The van der Waals surface area contributed by atoms with Gasteiger partial charge in [0.15, 0.2) is 0 Å². The molecule has 0 rings (SSSR count). The van der Waals surface area contributed by atoms with Crippen LogP contribution in [-0.4, -0.2) is 39.3 Å². The number of nitrogens with one attached hydrogen (secondary N) is 3. The number of carbonyl (C=O) groups is 1. The largest absolute Gasteiger partial charge is 0.430 e. The standard InChI is InChI=1S/C14H26F3N3O/c1-11(10-12(19-3)14(15,16)17)13(21)20-9-7-5-4-6-8-18-2/h10-11,18-19H,4-9H2,1-3H3,(H,20,21)/b12-10-. The van der Waals surface area contributed by atoms with Crippen LogP contribution < -0.4 is 16.0 Å². The third-order valence-electron chi connectivity index (χ3n) is 3.06. The predicted octanol–water partition coefficient (Wildman–Crippen LogP) is 2.18. The summed E-state index contributed by atoms with van der Waals surface area (Å²) >= 11 is 0. The lowest BCUT2D eigenvalue weighted by molar-refractivity contribution is -0.123. The fourth-order valence-corrected chi connectivity index (χ4v) is 1.80. The van der Waals surface area contributed by atoms with E-state index in [0.717, 1.165) is 38.3 Å². The number of amides is 1. The van der Waals surface area contributed by atoms with Crippen molar-refractivity contribution in [2.45, 2.75) is 38.8 Å². The Hall–Kier alpha value is -1.24. The summed E-state index contributed by atoms with van der Waals surface area (Å²) in [4.78, 5) is 11.7. The molecule has 0 heterocycles. The Bertz CT molecular complexity index is 330. The predicted molar refractivity (Wildman–Crippen MR) is 77.8 cm³/mol. The Balaban J connectivity index is 4.03. The maximum atomic E-state index is 12.5. The van der Waals surface area contributed by atoms with Crippen LogP contribution in [0.5, 0.6) is 0 Å². The van der Waals surface area contributed by atoms with Crippen LogP contribution in [0.2, 0.25) is 0 Å². The van der Waals surface area contributed by atoms with Crippen LogP contribution >= 0.6 is 0 Å². The highest BCUT2D eigenvalue weighted by atomic mass is 19.4. The molecule has 0 aliphatic heterocycles. The summed E-state index contributed by atoms with van der Waals surface area (Å²) in [6.07, 6.45) is 0.435. The van der Waals surface area contributed by atoms with Crippen molar-refractivity contribution >= 4 is 5.91 Å². The summed E-state index contributed by atoms with van der Waals surface area (Å²) in [5.74, 6) is -1.21. The van der Waals surface area contributed by atoms with Crippen molar-refractivity contribution in [1.29, 1.82) is 0 Å². The number of alkyl halides is 3. The SMILES string of the molecule is CNCCCCCCNC(=O)C(C)/C=C(\NC)C(F)(F)F. The molecular formula is C14H26F3N3O. The maximum Gasteiger partial charge on any atom is 0.430 e. The summed E-state index contributed by atoms with van der Waals surface area (Å²) in [5.41, 5.74) is -0.891. The van der Waals surface area contributed by atoms with Gasteiger partial charge < -0.3 is 16.0 Å². The molecule has 0 aromatic heterocycles. The molecule has 1 amide bonds. The van der Waals surface area contributed by atoms with Crippen LogP contribution in [0.1, 0.15) is 32.6 Å². The minimum absolute atomic E-state index is 0.387. The molecular weight excluding hydrogens is 283 g/mol. The van der Waals surface area contributed by atoms with E-state index in [-0.39, 0.29) is 5.91 Å². The fraction of sp³-hybridized carbons (Fsp3) is 0.786. The molecule has 0 saturated heterocycles. The molecule has 7 heteroatoms. The number of carbonyl (C=O) groups excluding carboxylic acids is 1. The molecule has 0 radical (unpaired) electrons. The van der Waals surface area contributed by atoms with Gasteiger partial charge in [-0.25, -0.2) is 0 Å². The van der Waals surface area contributed by atoms with Gasteiger partial charge in [-0.1, -0.05) is 19.8 Å². The highest BCUT2D eigenvalue weighted by molar-refractivity contribution is 5.80. The van der Waals surface area contributed by atoms with Gasteiger partial charge in [0.25, 0.3) is 0 Å². The van der Waals surface area contributed by atoms with Crippen molar-refractivity contribution in [2.24, 2.45) is 5.92 Å². The number of hydrogen-bond donors (Lipinski definition) is 3. The second-order valence-corrected chi connectivity index (χ2v) is 4.93. The first-order valence-electron chi connectivity index (χ1n) is 7.22. The molecule has 21 heavy (non-hydrogen) atoms. The molecule has 0 saturated carbocycles. The summed E-state index contributed by atoms with van der Waals surface area (Å²) in [6.45, 7) is 2.92. The van der Waals surface area contributed by atoms with Gasteiger partial charge in [-0.15, -0.1) is 0 Å². The van der Waals surface area contributed by atoms with Crippen LogP contribution in [0.25, 0.3) is 0 Å². The average Bonchev–Trinajstić information content (AvgIpc) is 2.41. The zero-order chi connectivity index (χ0) is 16.3. The van der Waals surface area contributed by atoms with Gasteiger partial charge in [-0.3, -0.25) is 4.79 Å². The van der Waals surface area contributed by atoms with Gasteiger partial charge in [-0.05, 0) is 32.5 Å². The maximum absolute atomic E-state index is 12.5. The minimum Gasteiger partial charge on any atom is -0.384 e. The van der Waals surface area contributed by atoms with Crippen LogP contribution in [-0.2, 0) is 4.79 Å². The van der Waals surface area contributed by atoms with Crippen LogP contribution in [0.15, 0.2) is 11.8 Å². The number of rotatable bonds is 10. The first-order chi connectivity index (χ1) is 9.82. The van der Waals surface area contributed by atoms with Crippen LogP contribution in [0, 0.1) is 5.92 Å². The van der Waals surface area contributed by atoms with E-state index in [0.29, 0.717) is 6.54 Å². The summed E-state index contributed by atoms with van der Waals surface area (Å²) in [7, 11) is 3.09. The lowest BCUT2D eigenvalue weighted by atomic mass is 10.1. The zero-order valence-corrected chi connectivity index (χ0v) is 12.9. The molecule has 0 fully saturated rings. The lowest BCUT2D eigenvalue weighted by Crippen LogP contribution is -2.31. The Morgan fingerprint density at radius 2 is 1.67 bits per heavy atom. The van der Waals surface area contributed by atoms with Gasteiger partial charge in [0.1, 0.15) is 5.70 Å². The highest BCUT2D eigenvalue weighted by Gasteiger charge is 2.33. The summed E-state index contributed by atoms with van der Waals surface area (Å²) in [5, 5.41) is 7.79. The highest BCUT2D eigenvalue weighted by Crippen LogP contribution is 2.24. The number of hydrogen-bond acceptors (Lipinski definition) is 3. The van der Waals surface area contributed by atoms with E-state index in [1.54, 1.807) is 0 Å². The van der Waals surface area contributed by atoms with E-state index < -0.39 is 17.8 Å². The van der Waals surface area contributed by atoms with E-state index >= 15 is 0 Å². The van der Waals surface area contributed by atoms with E-state index in [1.807, 2.05) is 7.05 Å². The molecule has 1 unspecified atom stereocenters. The quantitative estimate of drug-likeness (QED) is 0.542. The van der Waals surface area contributed by atoms with Gasteiger partial charge in [0.05, 0.1) is 5.92 Å². The number of unbranched alkanes of at least 4 members (excludes halogenated alkanes) is 3. The second-order valence-electron chi connectivity index (χ2n) is 4.93. The Morgan fingerprint density at radius 3 is 2.14 bits per heavy atom. The first kappa shape index (κ1) is 19.8. The molecule has 0 aliphatic rings. The third kappa shape index (κ3) is 9.33. The smallest absolute Gasteiger partial charge is 0.384 e. The van der Waals surface area contributed by atoms with Crippen molar-refractivity contribution < 1.29 is 18.0 Å². The fourth-order valence-electron chi connectivity index (χ4n) is 1.80. The first-order valence-corrected chi connectivity index (χ1v) is 7.22. The van der Waals surface area contributed by atoms with Crippen molar-refractivity contribution in [3.63, 3.8) is 0 Å². The molecule has 3 N–H and O–H groups in total. The van der Waals surface area contributed by atoms with Crippen molar-refractivity contribution in [3.05, 3.63) is 11.8 Å². The Morgan fingerprint density at radius 1 is 1.10 bits per heavy atom. The molecule has 0 spiro atoms. The van der Waals surface area contributed by atoms with Gasteiger partial charge in [-0.2, -0.15) is 13.2 Å². The Kier molecular flexibility index (Phi) is 9.86. The van der Waals surface area contributed by atoms with Crippen molar-refractivity contribution in [1.82, 2.24) is 16.0 Å². The monoisotopic (exact) mass is 309 g/mol. The molecule has 0 aromatic rings. The average molecular weight is 309 g/mol. The topological polar surface area (TPSA) is 53.2 Å². The second kappa shape index (κ2) is 10.5. The molecule has 0 bridgehead atoms. The summed E-state index contributed by atoms with van der Waals surface area (Å²) in [6, 6.07) is 0. The third-order valence-corrected chi connectivity index (χ3v) is 3.06. The van der Waals surface area contributed by atoms with E-state index in [9.17, 15) is 18.0 Å². The molecule has 4 nitrogen and oxygen atoms in total. The zero-order valence-electron chi connectivity index (χ0n) is 12.9. The van der Waals surface area contributed by atoms with E-state index in [1.165, 1.54) is 14.0 Å². The van der Waals surface area contributed by atoms with Crippen LogP contribution in [0.3, 0.4) is 0 Å². The summed E-state index contributed by atoms with van der Waals surface area (Å²) < 4.78 is 37.6. The van der Waals surface area contributed by atoms with Gasteiger partial charge in [0.2, 0.25) is 5.91 Å². The van der Waals surface area contributed by atoms with Gasteiger partial charge >= 0.3 is 6.18 Å². The number of allylic oxidation sites excluding steroid dienone is 1. The lowest BCUT2D eigenvalue weighted by Gasteiger charge is -2.14.